The molecule has 0 saturated heterocycles. The second-order valence-corrected chi connectivity index (χ2v) is 6.03. The fourth-order valence-corrected chi connectivity index (χ4v) is 1.84. The molecule has 0 radical (unpaired) electrons. The van der Waals surface area contributed by atoms with Crippen molar-refractivity contribution >= 4 is 0 Å². The van der Waals surface area contributed by atoms with Gasteiger partial charge in [-0.25, -0.2) is 0 Å². The maximum Gasteiger partial charge on any atom is 0.124 e. The summed E-state index contributed by atoms with van der Waals surface area (Å²) >= 11 is 0. The van der Waals surface area contributed by atoms with Crippen LogP contribution >= 0.6 is 0 Å². The van der Waals surface area contributed by atoms with E-state index in [1.165, 1.54) is 0 Å². The van der Waals surface area contributed by atoms with Crippen LogP contribution < -0.4 is 4.74 Å². The van der Waals surface area contributed by atoms with Crippen molar-refractivity contribution in [1.82, 2.24) is 0 Å². The molecule has 0 fully saturated rings. The van der Waals surface area contributed by atoms with Gasteiger partial charge in [-0.2, -0.15) is 0 Å². The zero-order valence-electron chi connectivity index (χ0n) is 11.6. The average molecular weight is 236 g/mol. The number of ether oxygens (including phenoxy) is 1. The maximum absolute atomic E-state index is 10.6. The normalized spacial score (nSPS) is 15.4. The molecule has 17 heavy (non-hydrogen) atoms. The highest BCUT2D eigenvalue weighted by molar-refractivity contribution is 5.37. The molecule has 0 aliphatic rings. The Morgan fingerprint density at radius 1 is 1.06 bits per heavy atom. The Labute approximate surface area is 105 Å². The highest BCUT2D eigenvalue weighted by atomic mass is 16.5. The van der Waals surface area contributed by atoms with Crippen LogP contribution in [0.1, 0.15) is 46.1 Å². The van der Waals surface area contributed by atoms with Crippen molar-refractivity contribution in [2.45, 2.75) is 46.1 Å². The lowest BCUT2D eigenvalue weighted by molar-refractivity contribution is 0.0335. The lowest BCUT2D eigenvalue weighted by atomic mass is 9.82. The van der Waals surface area contributed by atoms with Crippen LogP contribution in [0.4, 0.5) is 0 Å². The predicted molar refractivity (Wildman–Crippen MR) is 71.3 cm³/mol. The minimum absolute atomic E-state index is 0.228. The van der Waals surface area contributed by atoms with E-state index in [0.29, 0.717) is 0 Å². The van der Waals surface area contributed by atoms with Crippen LogP contribution in [0.2, 0.25) is 0 Å². The third-order valence-corrected chi connectivity index (χ3v) is 3.05. The van der Waals surface area contributed by atoms with Gasteiger partial charge < -0.3 is 9.84 Å². The van der Waals surface area contributed by atoms with Crippen molar-refractivity contribution in [2.75, 3.05) is 7.11 Å². The molecule has 1 aromatic rings. The Bertz CT molecular complexity index is 361. The number of hydrogen-bond acceptors (Lipinski definition) is 2. The van der Waals surface area contributed by atoms with Gasteiger partial charge in [0.2, 0.25) is 0 Å². The Hall–Kier alpha value is -1.02. The van der Waals surface area contributed by atoms with Crippen LogP contribution in [0.5, 0.6) is 5.75 Å². The summed E-state index contributed by atoms with van der Waals surface area (Å²) in [5.41, 5.74) is 0.262. The van der Waals surface area contributed by atoms with Crippen molar-refractivity contribution in [3.8, 4) is 5.75 Å². The zero-order chi connectivity index (χ0) is 13.1. The van der Waals surface area contributed by atoms with Gasteiger partial charge in [0.25, 0.3) is 0 Å². The van der Waals surface area contributed by atoms with Crippen LogP contribution in [-0.2, 0) is 5.60 Å². The first kappa shape index (κ1) is 14.0. The molecule has 0 bridgehead atoms. The number of hydrogen-bond donors (Lipinski definition) is 1. The Morgan fingerprint density at radius 2 is 1.65 bits per heavy atom. The van der Waals surface area contributed by atoms with E-state index in [9.17, 15) is 5.11 Å². The summed E-state index contributed by atoms with van der Waals surface area (Å²) < 4.78 is 5.30. The summed E-state index contributed by atoms with van der Waals surface area (Å²) in [4.78, 5) is 0. The lowest BCUT2D eigenvalue weighted by Crippen LogP contribution is -2.24. The maximum atomic E-state index is 10.6. The predicted octanol–water partition coefficient (Wildman–Crippen LogP) is 3.73. The van der Waals surface area contributed by atoms with Crippen molar-refractivity contribution in [3.63, 3.8) is 0 Å². The van der Waals surface area contributed by atoms with E-state index in [-0.39, 0.29) is 5.41 Å². The Balaban J connectivity index is 2.88. The molecular formula is C15H24O2. The summed E-state index contributed by atoms with van der Waals surface area (Å²) in [7, 11) is 1.64. The summed E-state index contributed by atoms with van der Waals surface area (Å²) in [6.45, 7) is 8.42. The van der Waals surface area contributed by atoms with Crippen LogP contribution in [-0.4, -0.2) is 12.2 Å². The van der Waals surface area contributed by atoms with E-state index in [2.05, 4.69) is 20.8 Å². The van der Waals surface area contributed by atoms with Crippen molar-refractivity contribution in [3.05, 3.63) is 29.8 Å². The molecule has 0 amide bonds. The van der Waals surface area contributed by atoms with Gasteiger partial charge in [-0.3, -0.25) is 0 Å². The second-order valence-electron chi connectivity index (χ2n) is 6.03. The van der Waals surface area contributed by atoms with Crippen molar-refractivity contribution in [1.29, 1.82) is 0 Å². The standard InChI is InChI=1S/C15H24O2/c1-14(2,3)10-11-15(4,16)12-8-6-7-9-13(12)17-5/h6-9,16H,10-11H2,1-5H3. The molecule has 0 aromatic heterocycles. The van der Waals surface area contributed by atoms with Gasteiger partial charge >= 0.3 is 0 Å². The third-order valence-electron chi connectivity index (χ3n) is 3.05. The number of benzene rings is 1. The molecule has 1 rings (SSSR count). The summed E-state index contributed by atoms with van der Waals surface area (Å²) in [5, 5.41) is 10.6. The van der Waals surface area contributed by atoms with E-state index >= 15 is 0 Å². The van der Waals surface area contributed by atoms with Gasteiger partial charge in [-0.1, -0.05) is 39.0 Å². The molecular weight excluding hydrogens is 212 g/mol. The van der Waals surface area contributed by atoms with Crippen LogP contribution in [0.3, 0.4) is 0 Å². The van der Waals surface area contributed by atoms with Gasteiger partial charge in [0, 0.05) is 5.56 Å². The molecule has 1 unspecified atom stereocenters. The zero-order valence-corrected chi connectivity index (χ0v) is 11.6. The largest absolute Gasteiger partial charge is 0.496 e. The van der Waals surface area contributed by atoms with Crippen LogP contribution in [0.25, 0.3) is 0 Å². The molecule has 2 nitrogen and oxygen atoms in total. The first-order valence-electron chi connectivity index (χ1n) is 6.12. The van der Waals surface area contributed by atoms with E-state index in [4.69, 9.17) is 4.74 Å². The number of methoxy groups -OCH3 is 1. The number of para-hydroxylation sites is 1. The van der Waals surface area contributed by atoms with Gasteiger partial charge in [-0.05, 0) is 31.2 Å². The van der Waals surface area contributed by atoms with Gasteiger partial charge in [-0.15, -0.1) is 0 Å². The molecule has 0 spiro atoms. The summed E-state index contributed by atoms with van der Waals surface area (Å²) in [6, 6.07) is 7.67. The molecule has 0 aliphatic heterocycles. The van der Waals surface area contributed by atoms with Gasteiger partial charge in [0.15, 0.2) is 0 Å². The van der Waals surface area contributed by atoms with E-state index < -0.39 is 5.60 Å². The quantitative estimate of drug-likeness (QED) is 0.863. The molecule has 2 heteroatoms. The van der Waals surface area contributed by atoms with Crippen LogP contribution in [0, 0.1) is 5.41 Å². The first-order valence-corrected chi connectivity index (χ1v) is 6.12. The van der Waals surface area contributed by atoms with Crippen molar-refractivity contribution in [2.24, 2.45) is 5.41 Å². The smallest absolute Gasteiger partial charge is 0.124 e. The molecule has 96 valence electrons. The highest BCUT2D eigenvalue weighted by Crippen LogP contribution is 2.36. The van der Waals surface area contributed by atoms with Crippen molar-refractivity contribution < 1.29 is 9.84 Å². The van der Waals surface area contributed by atoms with Crippen LogP contribution in [0.15, 0.2) is 24.3 Å². The molecule has 0 heterocycles. The summed E-state index contributed by atoms with van der Waals surface area (Å²) in [6.07, 6.45) is 1.70. The first-order chi connectivity index (χ1) is 7.76. The van der Waals surface area contributed by atoms with Gasteiger partial charge in [0.1, 0.15) is 5.75 Å². The average Bonchev–Trinajstić information content (AvgIpc) is 2.26. The molecule has 1 N–H and O–H groups in total. The van der Waals surface area contributed by atoms with E-state index in [1.807, 2.05) is 31.2 Å². The fraction of sp³-hybridized carbons (Fsp3) is 0.600. The SMILES string of the molecule is COc1ccccc1C(C)(O)CCC(C)(C)C. The van der Waals surface area contributed by atoms with Gasteiger partial charge in [0.05, 0.1) is 12.7 Å². The fourth-order valence-electron chi connectivity index (χ4n) is 1.84. The molecule has 1 atom stereocenters. The molecule has 0 aliphatic carbocycles. The highest BCUT2D eigenvalue weighted by Gasteiger charge is 2.28. The minimum atomic E-state index is -0.833. The molecule has 1 aromatic carbocycles. The molecule has 0 saturated carbocycles. The van der Waals surface area contributed by atoms with E-state index in [0.717, 1.165) is 24.2 Å². The topological polar surface area (TPSA) is 29.5 Å². The van der Waals surface area contributed by atoms with E-state index in [1.54, 1.807) is 7.11 Å². The number of rotatable bonds is 4. The second kappa shape index (κ2) is 5.09. The number of aliphatic hydroxyl groups is 1. The summed E-state index contributed by atoms with van der Waals surface area (Å²) in [5.74, 6) is 0.756. The Kier molecular flexibility index (Phi) is 4.21. The Morgan fingerprint density at radius 3 is 2.18 bits per heavy atom. The lowest BCUT2D eigenvalue weighted by Gasteiger charge is -2.29. The minimum Gasteiger partial charge on any atom is -0.496 e. The third kappa shape index (κ3) is 4.04. The monoisotopic (exact) mass is 236 g/mol.